The van der Waals surface area contributed by atoms with E-state index in [1.54, 1.807) is 12.4 Å². The van der Waals surface area contributed by atoms with Crippen LogP contribution in [0.5, 0.6) is 0 Å². The van der Waals surface area contributed by atoms with E-state index < -0.39 is 5.82 Å². The molecule has 0 aliphatic heterocycles. The predicted octanol–water partition coefficient (Wildman–Crippen LogP) is 3.54. The van der Waals surface area contributed by atoms with Gasteiger partial charge in [0.05, 0.1) is 10.7 Å². The van der Waals surface area contributed by atoms with Gasteiger partial charge < -0.3 is 15.2 Å². The van der Waals surface area contributed by atoms with Crippen LogP contribution in [0, 0.1) is 11.7 Å². The van der Waals surface area contributed by atoms with E-state index in [4.69, 9.17) is 11.6 Å². The van der Waals surface area contributed by atoms with E-state index in [9.17, 15) is 14.0 Å². The first kappa shape index (κ1) is 19.4. The molecule has 2 amide bonds. The monoisotopic (exact) mass is 392 g/mol. The van der Waals surface area contributed by atoms with Gasteiger partial charge in [0.2, 0.25) is 6.41 Å². The summed E-state index contributed by atoms with van der Waals surface area (Å²) in [6, 6.07) is 4.17. The Bertz CT molecular complexity index is 776. The van der Waals surface area contributed by atoms with Gasteiger partial charge in [-0.05, 0) is 56.2 Å². The minimum Gasteiger partial charge on any atom is -0.347 e. The number of nitrogens with zero attached hydrogens (tertiary/aromatic N) is 2. The summed E-state index contributed by atoms with van der Waals surface area (Å²) in [4.78, 5) is 31.7. The molecular weight excluding hydrogens is 371 g/mol. The molecule has 1 fully saturated rings. The van der Waals surface area contributed by atoms with Gasteiger partial charge in [-0.15, -0.1) is 0 Å². The van der Waals surface area contributed by atoms with Crippen molar-refractivity contribution in [2.24, 2.45) is 5.92 Å². The standard InChI is InChI=1S/C19H22ClFN4O2/c20-16-11-14(21)3-6-17(16)25(12-26)10-7-13-1-4-15(5-2-13)24-19(27)18-22-8-9-23-18/h3,6,8-9,11-13,15H,1-2,4-5,7,10H2,(H,22,23)(H,24,27)/t13-,15+. The van der Waals surface area contributed by atoms with Crippen molar-refractivity contribution >= 4 is 29.6 Å². The number of carbonyl (C=O) groups is 2. The summed E-state index contributed by atoms with van der Waals surface area (Å²) in [5, 5.41) is 3.23. The molecule has 0 bridgehead atoms. The Morgan fingerprint density at radius 2 is 2.15 bits per heavy atom. The SMILES string of the molecule is O=CN(CC[C@H]1CC[C@@H](NC(=O)c2ncc[nH]2)CC1)c1ccc(F)cc1Cl. The Morgan fingerprint density at radius 3 is 2.78 bits per heavy atom. The maximum atomic E-state index is 13.2. The van der Waals surface area contributed by atoms with Crippen molar-refractivity contribution in [1.82, 2.24) is 15.3 Å². The molecule has 1 saturated carbocycles. The molecule has 1 aromatic carbocycles. The number of imidazole rings is 1. The fourth-order valence-electron chi connectivity index (χ4n) is 3.50. The van der Waals surface area contributed by atoms with Crippen LogP contribution in [0.2, 0.25) is 5.02 Å². The summed E-state index contributed by atoms with van der Waals surface area (Å²) in [7, 11) is 0. The molecule has 1 aromatic heterocycles. The van der Waals surface area contributed by atoms with Crippen molar-refractivity contribution in [3.63, 3.8) is 0 Å². The molecule has 1 aliphatic carbocycles. The topological polar surface area (TPSA) is 78.1 Å². The van der Waals surface area contributed by atoms with Crippen LogP contribution in [0.1, 0.15) is 42.7 Å². The number of hydrogen-bond donors (Lipinski definition) is 2. The third-order valence-corrected chi connectivity index (χ3v) is 5.32. The lowest BCUT2D eigenvalue weighted by atomic mass is 9.84. The van der Waals surface area contributed by atoms with Crippen molar-refractivity contribution in [2.75, 3.05) is 11.4 Å². The Hall–Kier alpha value is -2.41. The van der Waals surface area contributed by atoms with E-state index in [0.29, 0.717) is 24.0 Å². The van der Waals surface area contributed by atoms with Crippen LogP contribution in [0.3, 0.4) is 0 Å². The fourth-order valence-corrected chi connectivity index (χ4v) is 3.78. The van der Waals surface area contributed by atoms with Crippen molar-refractivity contribution in [1.29, 1.82) is 0 Å². The first-order valence-electron chi connectivity index (χ1n) is 9.04. The van der Waals surface area contributed by atoms with E-state index in [1.165, 1.54) is 23.1 Å². The van der Waals surface area contributed by atoms with Gasteiger partial charge in [-0.1, -0.05) is 11.6 Å². The van der Waals surface area contributed by atoms with E-state index in [-0.39, 0.29) is 17.0 Å². The molecule has 0 radical (unpaired) electrons. The number of nitrogens with one attached hydrogen (secondary N) is 2. The number of carbonyl (C=O) groups excluding carboxylic acids is 2. The molecule has 27 heavy (non-hydrogen) atoms. The van der Waals surface area contributed by atoms with Crippen LogP contribution in [0.4, 0.5) is 10.1 Å². The van der Waals surface area contributed by atoms with Crippen LogP contribution in [-0.4, -0.2) is 34.9 Å². The smallest absolute Gasteiger partial charge is 0.287 e. The van der Waals surface area contributed by atoms with Crippen molar-refractivity contribution in [3.05, 3.63) is 47.3 Å². The van der Waals surface area contributed by atoms with Crippen LogP contribution in [0.25, 0.3) is 0 Å². The Balaban J connectivity index is 1.46. The summed E-state index contributed by atoms with van der Waals surface area (Å²) in [5.74, 6) is 0.199. The molecule has 2 aromatic rings. The van der Waals surface area contributed by atoms with Crippen molar-refractivity contribution < 1.29 is 14.0 Å². The zero-order valence-corrected chi connectivity index (χ0v) is 15.6. The number of H-pyrrole nitrogens is 1. The average Bonchev–Trinajstić information content (AvgIpc) is 3.20. The van der Waals surface area contributed by atoms with Gasteiger partial charge in [-0.3, -0.25) is 9.59 Å². The number of aromatic amines is 1. The maximum absolute atomic E-state index is 13.2. The molecular formula is C19H22ClFN4O2. The van der Waals surface area contributed by atoms with Gasteiger partial charge in [-0.25, -0.2) is 9.37 Å². The normalized spacial score (nSPS) is 19.5. The number of hydrogen-bond acceptors (Lipinski definition) is 3. The van der Waals surface area contributed by atoms with Crippen LogP contribution in [-0.2, 0) is 4.79 Å². The first-order chi connectivity index (χ1) is 13.1. The lowest BCUT2D eigenvalue weighted by Crippen LogP contribution is -2.38. The molecule has 6 nitrogen and oxygen atoms in total. The van der Waals surface area contributed by atoms with Crippen molar-refractivity contribution in [3.8, 4) is 0 Å². The van der Waals surface area contributed by atoms with Crippen LogP contribution < -0.4 is 10.2 Å². The Morgan fingerprint density at radius 1 is 1.37 bits per heavy atom. The number of rotatable bonds is 7. The lowest BCUT2D eigenvalue weighted by molar-refractivity contribution is -0.107. The van der Waals surface area contributed by atoms with Gasteiger partial charge in [0.15, 0.2) is 5.82 Å². The minimum absolute atomic E-state index is 0.146. The Kier molecular flexibility index (Phi) is 6.45. The zero-order chi connectivity index (χ0) is 19.2. The third kappa shape index (κ3) is 5.07. The number of aromatic nitrogens is 2. The number of benzene rings is 1. The van der Waals surface area contributed by atoms with Crippen LogP contribution in [0.15, 0.2) is 30.6 Å². The maximum Gasteiger partial charge on any atom is 0.287 e. The molecule has 1 heterocycles. The van der Waals surface area contributed by atoms with E-state index in [0.717, 1.165) is 38.5 Å². The molecule has 0 atom stereocenters. The van der Waals surface area contributed by atoms with Crippen LogP contribution >= 0.6 is 11.6 Å². The Labute approximate surface area is 162 Å². The summed E-state index contributed by atoms with van der Waals surface area (Å²) in [5.41, 5.74) is 0.521. The highest BCUT2D eigenvalue weighted by Gasteiger charge is 2.24. The van der Waals surface area contributed by atoms with E-state index >= 15 is 0 Å². The molecule has 0 spiro atoms. The van der Waals surface area contributed by atoms with E-state index in [1.807, 2.05) is 0 Å². The number of amides is 2. The quantitative estimate of drug-likeness (QED) is 0.707. The van der Waals surface area contributed by atoms with Crippen molar-refractivity contribution in [2.45, 2.75) is 38.1 Å². The number of anilines is 1. The fraction of sp³-hybridized carbons (Fsp3) is 0.421. The minimum atomic E-state index is -0.426. The van der Waals surface area contributed by atoms with Gasteiger partial charge >= 0.3 is 0 Å². The second-order valence-electron chi connectivity index (χ2n) is 6.81. The van der Waals surface area contributed by atoms with E-state index in [2.05, 4.69) is 15.3 Å². The van der Waals surface area contributed by atoms with Gasteiger partial charge in [-0.2, -0.15) is 0 Å². The van der Waals surface area contributed by atoms with Gasteiger partial charge in [0.25, 0.3) is 5.91 Å². The summed E-state index contributed by atoms with van der Waals surface area (Å²) in [6.45, 7) is 0.531. The molecule has 1 aliphatic rings. The zero-order valence-electron chi connectivity index (χ0n) is 14.8. The molecule has 144 valence electrons. The molecule has 8 heteroatoms. The largest absolute Gasteiger partial charge is 0.347 e. The van der Waals surface area contributed by atoms with Gasteiger partial charge in [0.1, 0.15) is 5.82 Å². The van der Waals surface area contributed by atoms with Gasteiger partial charge in [0, 0.05) is 25.0 Å². The lowest BCUT2D eigenvalue weighted by Gasteiger charge is -2.30. The molecule has 0 unspecified atom stereocenters. The molecule has 0 saturated heterocycles. The summed E-state index contributed by atoms with van der Waals surface area (Å²) >= 11 is 6.05. The average molecular weight is 393 g/mol. The third-order valence-electron chi connectivity index (χ3n) is 5.02. The second-order valence-corrected chi connectivity index (χ2v) is 7.22. The molecule has 2 N–H and O–H groups in total. The number of halogens is 2. The predicted molar refractivity (Wildman–Crippen MR) is 101 cm³/mol. The summed E-state index contributed by atoms with van der Waals surface area (Å²) in [6.07, 6.45) is 8.50. The summed E-state index contributed by atoms with van der Waals surface area (Å²) < 4.78 is 13.2. The highest BCUT2D eigenvalue weighted by molar-refractivity contribution is 6.33. The highest BCUT2D eigenvalue weighted by atomic mass is 35.5. The first-order valence-corrected chi connectivity index (χ1v) is 9.42. The molecule has 3 rings (SSSR count). The highest BCUT2D eigenvalue weighted by Crippen LogP contribution is 2.30. The second kappa shape index (κ2) is 8.99.